The van der Waals surface area contributed by atoms with Crippen LogP contribution in [0.15, 0.2) is 64.2 Å². The Balaban J connectivity index is 1.65. The summed E-state index contributed by atoms with van der Waals surface area (Å²) in [7, 11) is 0. The standard InChI is InChI=1S/C21H13BrCl2I2N2O2/c22-14-3-1-12(2-4-14)11-30-20-18(25)7-13(8-19(20)26)10-27-28-21(29)16-6-5-15(23)9-17(16)24/h1-10H,11H2,(H,28,29)/b27-10+. The lowest BCUT2D eigenvalue weighted by molar-refractivity contribution is 0.0955. The number of nitrogens with zero attached hydrogens (tertiary/aromatic N) is 1. The monoisotopic (exact) mass is 728 g/mol. The summed E-state index contributed by atoms with van der Waals surface area (Å²) in [6.45, 7) is 0.477. The van der Waals surface area contributed by atoms with Gasteiger partial charge in [0.1, 0.15) is 12.4 Å². The fourth-order valence-electron chi connectivity index (χ4n) is 2.43. The lowest BCUT2D eigenvalue weighted by Gasteiger charge is -2.11. The molecule has 0 aliphatic rings. The quantitative estimate of drug-likeness (QED) is 0.165. The summed E-state index contributed by atoms with van der Waals surface area (Å²) in [5.41, 5.74) is 4.70. The summed E-state index contributed by atoms with van der Waals surface area (Å²) in [4.78, 5) is 12.2. The van der Waals surface area contributed by atoms with Crippen LogP contribution in [0.2, 0.25) is 10.0 Å². The molecule has 154 valence electrons. The fraction of sp³-hybridized carbons (Fsp3) is 0.0476. The lowest BCUT2D eigenvalue weighted by Crippen LogP contribution is -2.18. The van der Waals surface area contributed by atoms with Crippen LogP contribution < -0.4 is 10.2 Å². The zero-order chi connectivity index (χ0) is 21.7. The molecule has 0 fully saturated rings. The summed E-state index contributed by atoms with van der Waals surface area (Å²) in [6.07, 6.45) is 1.57. The maximum absolute atomic E-state index is 12.2. The molecule has 0 saturated heterocycles. The van der Waals surface area contributed by atoms with E-state index in [9.17, 15) is 4.79 Å². The first-order chi connectivity index (χ1) is 14.3. The minimum atomic E-state index is -0.410. The first-order valence-electron chi connectivity index (χ1n) is 8.48. The van der Waals surface area contributed by atoms with Crippen molar-refractivity contribution in [3.63, 3.8) is 0 Å². The molecule has 1 N–H and O–H groups in total. The van der Waals surface area contributed by atoms with Crippen LogP contribution in [0.25, 0.3) is 0 Å². The number of hydrogen-bond donors (Lipinski definition) is 1. The number of benzene rings is 3. The molecule has 0 aliphatic carbocycles. The summed E-state index contributed by atoms with van der Waals surface area (Å²) < 4.78 is 8.93. The predicted molar refractivity (Wildman–Crippen MR) is 142 cm³/mol. The van der Waals surface area contributed by atoms with Gasteiger partial charge in [-0.3, -0.25) is 4.79 Å². The first-order valence-corrected chi connectivity index (χ1v) is 12.2. The minimum absolute atomic E-state index is 0.270. The Hall–Kier alpha value is -0.880. The highest BCUT2D eigenvalue weighted by Gasteiger charge is 2.11. The van der Waals surface area contributed by atoms with Crippen molar-refractivity contribution in [2.75, 3.05) is 0 Å². The van der Waals surface area contributed by atoms with E-state index in [2.05, 4.69) is 71.6 Å². The molecule has 3 rings (SSSR count). The molecule has 1 amide bonds. The van der Waals surface area contributed by atoms with E-state index in [1.165, 1.54) is 6.07 Å². The molecule has 0 heterocycles. The Morgan fingerprint density at radius 3 is 2.37 bits per heavy atom. The molecule has 0 saturated carbocycles. The molecule has 9 heteroatoms. The highest BCUT2D eigenvalue weighted by Crippen LogP contribution is 2.29. The average molecular weight is 730 g/mol. The highest BCUT2D eigenvalue weighted by atomic mass is 127. The number of nitrogens with one attached hydrogen (secondary N) is 1. The molecule has 0 aromatic heterocycles. The number of amides is 1. The molecule has 3 aromatic rings. The fourth-order valence-corrected chi connectivity index (χ4v) is 5.31. The van der Waals surface area contributed by atoms with Gasteiger partial charge in [0.2, 0.25) is 0 Å². The third-order valence-electron chi connectivity index (χ3n) is 3.87. The second-order valence-corrected chi connectivity index (χ2v) is 10.1. The number of hydrogen-bond acceptors (Lipinski definition) is 3. The second kappa shape index (κ2) is 11.1. The normalized spacial score (nSPS) is 11.0. The van der Waals surface area contributed by atoms with E-state index < -0.39 is 5.91 Å². The molecular weight excluding hydrogens is 717 g/mol. The second-order valence-electron chi connectivity index (χ2n) is 6.05. The minimum Gasteiger partial charge on any atom is -0.487 e. The summed E-state index contributed by atoms with van der Waals surface area (Å²) in [6, 6.07) is 16.5. The van der Waals surface area contributed by atoms with E-state index in [4.69, 9.17) is 27.9 Å². The van der Waals surface area contributed by atoms with Gasteiger partial charge in [0.05, 0.1) is 23.9 Å². The zero-order valence-corrected chi connectivity index (χ0v) is 22.5. The number of ether oxygens (including phenoxy) is 1. The average Bonchev–Trinajstić information content (AvgIpc) is 2.68. The molecule has 0 atom stereocenters. The zero-order valence-electron chi connectivity index (χ0n) is 15.1. The van der Waals surface area contributed by atoms with Gasteiger partial charge in [-0.25, -0.2) is 5.43 Å². The van der Waals surface area contributed by atoms with E-state index in [1.807, 2.05) is 36.4 Å². The summed E-state index contributed by atoms with van der Waals surface area (Å²) >= 11 is 19.8. The Labute approximate surface area is 219 Å². The Morgan fingerprint density at radius 1 is 1.07 bits per heavy atom. The first kappa shape index (κ1) is 23.8. The topological polar surface area (TPSA) is 50.7 Å². The van der Waals surface area contributed by atoms with Crippen LogP contribution >= 0.6 is 84.3 Å². The van der Waals surface area contributed by atoms with E-state index in [0.717, 1.165) is 28.5 Å². The number of halogens is 5. The Bertz CT molecular complexity index is 1090. The smallest absolute Gasteiger partial charge is 0.272 e. The van der Waals surface area contributed by atoms with Crippen molar-refractivity contribution in [2.24, 2.45) is 5.10 Å². The SMILES string of the molecule is O=C(N/N=C/c1cc(I)c(OCc2ccc(Br)cc2)c(I)c1)c1ccc(Cl)cc1Cl. The summed E-state index contributed by atoms with van der Waals surface area (Å²) in [5.74, 6) is 0.403. The number of carbonyl (C=O) groups excluding carboxylic acids is 1. The van der Waals surface area contributed by atoms with Gasteiger partial charge in [0, 0.05) is 9.50 Å². The Kier molecular flexibility index (Phi) is 8.82. The maximum Gasteiger partial charge on any atom is 0.272 e. The van der Waals surface area contributed by atoms with Crippen LogP contribution in [0.1, 0.15) is 21.5 Å². The van der Waals surface area contributed by atoms with Gasteiger partial charge in [-0.2, -0.15) is 5.10 Å². The van der Waals surface area contributed by atoms with Gasteiger partial charge in [-0.1, -0.05) is 51.3 Å². The molecule has 3 aromatic carbocycles. The molecule has 0 unspecified atom stereocenters. The van der Waals surface area contributed by atoms with Crippen molar-refractivity contribution in [3.05, 3.63) is 92.9 Å². The predicted octanol–water partition coefficient (Wildman–Crippen LogP) is 7.31. The molecular formula is C21H13BrCl2I2N2O2. The largest absolute Gasteiger partial charge is 0.487 e. The van der Waals surface area contributed by atoms with E-state index in [1.54, 1.807) is 18.3 Å². The van der Waals surface area contributed by atoms with Crippen molar-refractivity contribution in [3.8, 4) is 5.75 Å². The Morgan fingerprint density at radius 2 is 1.73 bits per heavy atom. The van der Waals surface area contributed by atoms with Gasteiger partial charge in [-0.15, -0.1) is 0 Å². The molecule has 4 nitrogen and oxygen atoms in total. The van der Waals surface area contributed by atoms with Crippen LogP contribution in [0, 0.1) is 7.14 Å². The number of hydrazone groups is 1. The van der Waals surface area contributed by atoms with Gasteiger partial charge in [0.15, 0.2) is 0 Å². The van der Waals surface area contributed by atoms with Gasteiger partial charge in [-0.05, 0) is 98.8 Å². The highest BCUT2D eigenvalue weighted by molar-refractivity contribution is 14.1. The van der Waals surface area contributed by atoms with Crippen molar-refractivity contribution in [1.82, 2.24) is 5.43 Å². The van der Waals surface area contributed by atoms with E-state index >= 15 is 0 Å². The molecule has 0 spiro atoms. The molecule has 0 aliphatic heterocycles. The van der Waals surface area contributed by atoms with E-state index in [-0.39, 0.29) is 5.02 Å². The van der Waals surface area contributed by atoms with Crippen molar-refractivity contribution < 1.29 is 9.53 Å². The number of carbonyl (C=O) groups is 1. The molecule has 0 bridgehead atoms. The van der Waals surface area contributed by atoms with Gasteiger partial charge in [0.25, 0.3) is 5.91 Å². The molecule has 0 radical (unpaired) electrons. The third kappa shape index (κ3) is 6.56. The van der Waals surface area contributed by atoms with Crippen LogP contribution in [-0.4, -0.2) is 12.1 Å². The number of rotatable bonds is 6. The van der Waals surface area contributed by atoms with Gasteiger partial charge >= 0.3 is 0 Å². The van der Waals surface area contributed by atoms with Gasteiger partial charge < -0.3 is 4.74 Å². The third-order valence-corrected chi connectivity index (χ3v) is 6.55. The van der Waals surface area contributed by atoms with Crippen LogP contribution in [0.5, 0.6) is 5.75 Å². The summed E-state index contributed by atoms with van der Waals surface area (Å²) in [5, 5.41) is 4.76. The molecule has 30 heavy (non-hydrogen) atoms. The maximum atomic E-state index is 12.2. The van der Waals surface area contributed by atoms with Crippen molar-refractivity contribution in [1.29, 1.82) is 0 Å². The van der Waals surface area contributed by atoms with E-state index in [0.29, 0.717) is 17.2 Å². The van der Waals surface area contributed by atoms with Crippen molar-refractivity contribution >= 4 is 96.4 Å². The van der Waals surface area contributed by atoms with Crippen LogP contribution in [0.4, 0.5) is 0 Å². The van der Waals surface area contributed by atoms with Crippen LogP contribution in [-0.2, 0) is 6.61 Å². The van der Waals surface area contributed by atoms with Crippen molar-refractivity contribution in [2.45, 2.75) is 6.61 Å². The lowest BCUT2D eigenvalue weighted by atomic mass is 10.2. The van der Waals surface area contributed by atoms with Crippen LogP contribution in [0.3, 0.4) is 0 Å².